The zero-order valence-corrected chi connectivity index (χ0v) is 12.8. The number of hydrogen-bond acceptors (Lipinski definition) is 4. The molecule has 0 unspecified atom stereocenters. The van der Waals surface area contributed by atoms with Gasteiger partial charge in [-0.25, -0.2) is 9.78 Å². The molecule has 0 radical (unpaired) electrons. The van der Waals surface area contributed by atoms with Crippen LogP contribution in [0.5, 0.6) is 0 Å². The third-order valence-electron chi connectivity index (χ3n) is 3.48. The first-order valence-electron chi connectivity index (χ1n) is 7.11. The van der Waals surface area contributed by atoms with Crippen LogP contribution in [-0.2, 0) is 9.53 Å². The van der Waals surface area contributed by atoms with Crippen molar-refractivity contribution in [2.75, 3.05) is 0 Å². The van der Waals surface area contributed by atoms with E-state index in [2.05, 4.69) is 10.3 Å². The van der Waals surface area contributed by atoms with Crippen LogP contribution in [0.1, 0.15) is 30.1 Å². The number of rotatable bonds is 4. The minimum atomic E-state index is -0.848. The number of nitrogens with one attached hydrogen (secondary N) is 1. The second kappa shape index (κ2) is 5.93. The monoisotopic (exact) mass is 318 g/mol. The molecule has 1 amide bonds. The number of carbonyl (C=O) groups excluding carboxylic acids is 2. The zero-order chi connectivity index (χ0) is 15.7. The summed E-state index contributed by atoms with van der Waals surface area (Å²) in [5.41, 5.74) is 0.915. The normalized spacial score (nSPS) is 15.4. The summed E-state index contributed by atoms with van der Waals surface area (Å²) >= 11 is 5.95. The highest BCUT2D eigenvalue weighted by molar-refractivity contribution is 6.30. The van der Waals surface area contributed by atoms with Crippen LogP contribution in [0, 0.1) is 0 Å². The van der Waals surface area contributed by atoms with E-state index in [-0.39, 0.29) is 17.1 Å². The van der Waals surface area contributed by atoms with E-state index < -0.39 is 12.1 Å². The summed E-state index contributed by atoms with van der Waals surface area (Å²) in [5.74, 6) is -0.862. The number of esters is 1. The number of pyridine rings is 1. The Labute approximate surface area is 132 Å². The predicted octanol–water partition coefficient (Wildman–Crippen LogP) is 2.71. The highest BCUT2D eigenvalue weighted by Gasteiger charge is 2.27. The largest absolute Gasteiger partial charge is 0.449 e. The average molecular weight is 319 g/mol. The van der Waals surface area contributed by atoms with Gasteiger partial charge in [-0.3, -0.25) is 4.79 Å². The lowest BCUT2D eigenvalue weighted by atomic mass is 10.1. The number of nitrogens with zero attached hydrogens (tertiary/aromatic N) is 1. The average Bonchev–Trinajstić information content (AvgIpc) is 3.30. The zero-order valence-electron chi connectivity index (χ0n) is 12.0. The molecule has 1 heterocycles. The van der Waals surface area contributed by atoms with Gasteiger partial charge in [0.15, 0.2) is 6.10 Å². The minimum Gasteiger partial charge on any atom is -0.449 e. The molecule has 1 saturated carbocycles. The molecule has 3 rings (SSSR count). The van der Waals surface area contributed by atoms with Crippen LogP contribution in [0.3, 0.4) is 0 Å². The van der Waals surface area contributed by atoms with Gasteiger partial charge in [0, 0.05) is 11.4 Å². The molecule has 1 fully saturated rings. The number of ether oxygens (including phenoxy) is 1. The standard InChI is InChI=1S/C16H15ClN2O3/c1-9(15(20)18-10-6-7-10)22-16(21)12-8-14(17)19-13-5-3-2-4-11(12)13/h2-5,8-10H,6-7H2,1H3,(H,18,20)/t9-/m1/s1. The van der Waals surface area contributed by atoms with Gasteiger partial charge in [0.1, 0.15) is 5.15 Å². The van der Waals surface area contributed by atoms with Gasteiger partial charge in [-0.1, -0.05) is 29.8 Å². The quantitative estimate of drug-likeness (QED) is 0.695. The molecular weight excluding hydrogens is 304 g/mol. The van der Waals surface area contributed by atoms with Crippen LogP contribution in [0.15, 0.2) is 30.3 Å². The third kappa shape index (κ3) is 3.20. The lowest BCUT2D eigenvalue weighted by Gasteiger charge is -2.14. The van der Waals surface area contributed by atoms with Crippen molar-refractivity contribution in [3.05, 3.63) is 41.0 Å². The number of fused-ring (bicyclic) bond motifs is 1. The summed E-state index contributed by atoms with van der Waals surface area (Å²) in [6.07, 6.45) is 1.12. The van der Waals surface area contributed by atoms with Crippen molar-refractivity contribution in [2.24, 2.45) is 0 Å². The van der Waals surface area contributed by atoms with Crippen molar-refractivity contribution >= 4 is 34.4 Å². The molecule has 0 spiro atoms. The molecule has 114 valence electrons. The fraction of sp³-hybridized carbons (Fsp3) is 0.312. The fourth-order valence-electron chi connectivity index (χ4n) is 2.14. The van der Waals surface area contributed by atoms with E-state index >= 15 is 0 Å². The molecule has 2 aromatic rings. The molecule has 22 heavy (non-hydrogen) atoms. The van der Waals surface area contributed by atoms with E-state index in [9.17, 15) is 9.59 Å². The number of benzene rings is 1. The molecule has 6 heteroatoms. The van der Waals surface area contributed by atoms with Crippen LogP contribution >= 0.6 is 11.6 Å². The van der Waals surface area contributed by atoms with E-state index in [1.807, 2.05) is 6.07 Å². The van der Waals surface area contributed by atoms with E-state index in [0.717, 1.165) is 12.8 Å². The molecule has 1 aliphatic carbocycles. The number of para-hydroxylation sites is 1. The Bertz CT molecular complexity index is 743. The Kier molecular flexibility index (Phi) is 3.98. The summed E-state index contributed by atoms with van der Waals surface area (Å²) in [6, 6.07) is 8.83. The first kappa shape index (κ1) is 14.8. The van der Waals surface area contributed by atoms with Crippen molar-refractivity contribution in [3.8, 4) is 0 Å². The molecule has 0 aliphatic heterocycles. The van der Waals surface area contributed by atoms with Crippen LogP contribution in [0.25, 0.3) is 10.9 Å². The summed E-state index contributed by atoms with van der Waals surface area (Å²) in [6.45, 7) is 1.56. The molecule has 1 aliphatic rings. The van der Waals surface area contributed by atoms with E-state index in [4.69, 9.17) is 16.3 Å². The maximum Gasteiger partial charge on any atom is 0.339 e. The van der Waals surface area contributed by atoms with Gasteiger partial charge < -0.3 is 10.1 Å². The summed E-state index contributed by atoms with van der Waals surface area (Å²) in [4.78, 5) is 28.4. The molecule has 1 aromatic heterocycles. The van der Waals surface area contributed by atoms with Gasteiger partial charge in [-0.15, -0.1) is 0 Å². The molecule has 5 nitrogen and oxygen atoms in total. The topological polar surface area (TPSA) is 68.3 Å². The smallest absolute Gasteiger partial charge is 0.339 e. The maximum absolute atomic E-state index is 12.3. The number of amides is 1. The molecule has 1 N–H and O–H groups in total. The Balaban J connectivity index is 1.80. The van der Waals surface area contributed by atoms with Crippen LogP contribution in [0.4, 0.5) is 0 Å². The molecule has 1 aromatic carbocycles. The number of halogens is 1. The Morgan fingerprint density at radius 2 is 2.09 bits per heavy atom. The number of aromatic nitrogens is 1. The predicted molar refractivity (Wildman–Crippen MR) is 82.8 cm³/mol. The van der Waals surface area contributed by atoms with Crippen molar-refractivity contribution in [1.82, 2.24) is 10.3 Å². The summed E-state index contributed by atoms with van der Waals surface area (Å²) in [5, 5.41) is 3.66. The van der Waals surface area contributed by atoms with Gasteiger partial charge in [0.05, 0.1) is 11.1 Å². The lowest BCUT2D eigenvalue weighted by Crippen LogP contribution is -2.37. The first-order chi connectivity index (χ1) is 10.5. The fourth-order valence-corrected chi connectivity index (χ4v) is 2.34. The van der Waals surface area contributed by atoms with Gasteiger partial charge in [0.25, 0.3) is 5.91 Å². The molecule has 1 atom stereocenters. The first-order valence-corrected chi connectivity index (χ1v) is 7.49. The lowest BCUT2D eigenvalue weighted by molar-refractivity contribution is -0.129. The van der Waals surface area contributed by atoms with Crippen LogP contribution in [-0.4, -0.2) is 29.0 Å². The van der Waals surface area contributed by atoms with Gasteiger partial charge >= 0.3 is 5.97 Å². The highest BCUT2D eigenvalue weighted by atomic mass is 35.5. The van der Waals surface area contributed by atoms with Crippen molar-refractivity contribution in [2.45, 2.75) is 31.9 Å². The summed E-state index contributed by atoms with van der Waals surface area (Å²) < 4.78 is 5.25. The van der Waals surface area contributed by atoms with Crippen molar-refractivity contribution in [1.29, 1.82) is 0 Å². The van der Waals surface area contributed by atoms with E-state index in [1.165, 1.54) is 6.07 Å². The second-order valence-electron chi connectivity index (χ2n) is 5.34. The van der Waals surface area contributed by atoms with Crippen molar-refractivity contribution < 1.29 is 14.3 Å². The Morgan fingerprint density at radius 3 is 2.82 bits per heavy atom. The summed E-state index contributed by atoms with van der Waals surface area (Å²) in [7, 11) is 0. The third-order valence-corrected chi connectivity index (χ3v) is 3.68. The van der Waals surface area contributed by atoms with Gasteiger partial charge in [-0.05, 0) is 31.9 Å². The SMILES string of the molecule is C[C@@H](OC(=O)c1cc(Cl)nc2ccccc12)C(=O)NC1CC1. The van der Waals surface area contributed by atoms with Crippen molar-refractivity contribution in [3.63, 3.8) is 0 Å². The molecule has 0 saturated heterocycles. The number of hydrogen-bond donors (Lipinski definition) is 1. The van der Waals surface area contributed by atoms with E-state index in [0.29, 0.717) is 16.5 Å². The second-order valence-corrected chi connectivity index (χ2v) is 5.73. The van der Waals surface area contributed by atoms with Crippen LogP contribution in [0.2, 0.25) is 5.15 Å². The maximum atomic E-state index is 12.3. The number of carbonyl (C=O) groups is 2. The van der Waals surface area contributed by atoms with Gasteiger partial charge in [0.2, 0.25) is 0 Å². The van der Waals surface area contributed by atoms with Crippen LogP contribution < -0.4 is 5.32 Å². The van der Waals surface area contributed by atoms with Gasteiger partial charge in [-0.2, -0.15) is 0 Å². The van der Waals surface area contributed by atoms with E-state index in [1.54, 1.807) is 25.1 Å². The molecule has 0 bridgehead atoms. The molecular formula is C16H15ClN2O3. The Hall–Kier alpha value is -2.14. The minimum absolute atomic E-state index is 0.209. The highest BCUT2D eigenvalue weighted by Crippen LogP contribution is 2.22. The Morgan fingerprint density at radius 1 is 1.36 bits per heavy atom.